The van der Waals surface area contributed by atoms with Crippen LogP contribution in [0.4, 0.5) is 0 Å². The van der Waals surface area contributed by atoms with Crippen molar-refractivity contribution in [3.8, 4) is 0 Å². The van der Waals surface area contributed by atoms with Crippen molar-refractivity contribution in [2.24, 2.45) is 5.41 Å². The second-order valence-electron chi connectivity index (χ2n) is 5.52. The summed E-state index contributed by atoms with van der Waals surface area (Å²) in [6.07, 6.45) is 4.90. The van der Waals surface area contributed by atoms with Crippen molar-refractivity contribution in [1.82, 2.24) is 5.32 Å². The van der Waals surface area contributed by atoms with Crippen LogP contribution in [0.2, 0.25) is 0 Å². The summed E-state index contributed by atoms with van der Waals surface area (Å²) in [7, 11) is 0. The van der Waals surface area contributed by atoms with Gasteiger partial charge in [0.1, 0.15) is 0 Å². The Bertz CT molecular complexity index is 200. The van der Waals surface area contributed by atoms with Gasteiger partial charge < -0.3 is 14.8 Å². The highest BCUT2D eigenvalue weighted by molar-refractivity contribution is 4.89. The van der Waals surface area contributed by atoms with Gasteiger partial charge in [-0.15, -0.1) is 0 Å². The molecule has 0 heterocycles. The maximum absolute atomic E-state index is 5.54. The molecular weight excluding hydrogens is 214 g/mol. The Morgan fingerprint density at radius 1 is 1.24 bits per heavy atom. The van der Waals surface area contributed by atoms with E-state index in [0.717, 1.165) is 26.2 Å². The molecule has 3 heteroatoms. The van der Waals surface area contributed by atoms with Crippen LogP contribution < -0.4 is 5.32 Å². The molecular formula is C14H29NO2. The quantitative estimate of drug-likeness (QED) is 0.665. The van der Waals surface area contributed by atoms with Gasteiger partial charge in [0.05, 0.1) is 0 Å². The number of ether oxygens (including phenoxy) is 2. The summed E-state index contributed by atoms with van der Waals surface area (Å²) < 4.78 is 11.1. The lowest BCUT2D eigenvalue weighted by molar-refractivity contribution is -0.139. The highest BCUT2D eigenvalue weighted by Gasteiger charge is 2.33. The molecule has 3 nitrogen and oxygen atoms in total. The molecule has 17 heavy (non-hydrogen) atoms. The third-order valence-corrected chi connectivity index (χ3v) is 3.73. The van der Waals surface area contributed by atoms with Crippen LogP contribution in [0.25, 0.3) is 0 Å². The fraction of sp³-hybridized carbons (Fsp3) is 1.00. The molecule has 0 aromatic rings. The van der Waals surface area contributed by atoms with Crippen LogP contribution in [0.1, 0.15) is 53.4 Å². The minimum atomic E-state index is -0.0398. The Morgan fingerprint density at radius 3 is 2.35 bits per heavy atom. The van der Waals surface area contributed by atoms with Crippen molar-refractivity contribution >= 4 is 0 Å². The van der Waals surface area contributed by atoms with Gasteiger partial charge in [-0.05, 0) is 32.1 Å². The molecule has 0 aromatic heterocycles. The molecule has 0 bridgehead atoms. The summed E-state index contributed by atoms with van der Waals surface area (Å²) in [6, 6.07) is 0.659. The molecule has 0 spiro atoms. The van der Waals surface area contributed by atoms with Gasteiger partial charge in [0.2, 0.25) is 0 Å². The summed E-state index contributed by atoms with van der Waals surface area (Å²) >= 11 is 0. The van der Waals surface area contributed by atoms with Crippen LogP contribution in [0.15, 0.2) is 0 Å². The van der Waals surface area contributed by atoms with Gasteiger partial charge in [0.15, 0.2) is 6.29 Å². The van der Waals surface area contributed by atoms with E-state index in [-0.39, 0.29) is 6.29 Å². The first kappa shape index (κ1) is 14.9. The highest BCUT2D eigenvalue weighted by Crippen LogP contribution is 2.37. The van der Waals surface area contributed by atoms with Gasteiger partial charge in [-0.2, -0.15) is 0 Å². The van der Waals surface area contributed by atoms with Gasteiger partial charge in [0, 0.05) is 32.2 Å². The summed E-state index contributed by atoms with van der Waals surface area (Å²) in [5, 5.41) is 3.66. The number of hydrogen-bond acceptors (Lipinski definition) is 3. The second kappa shape index (κ2) is 7.34. The van der Waals surface area contributed by atoms with E-state index in [2.05, 4.69) is 19.2 Å². The van der Waals surface area contributed by atoms with E-state index < -0.39 is 0 Å². The standard InChI is InChI=1S/C14H29NO2/c1-5-16-13(17-6-2)9-11-15-12-8-7-10-14(12,3)4/h12-13,15H,5-11H2,1-4H3. The molecule has 1 N–H and O–H groups in total. The number of rotatable bonds is 8. The maximum Gasteiger partial charge on any atom is 0.158 e. The van der Waals surface area contributed by atoms with E-state index in [0.29, 0.717) is 11.5 Å². The zero-order chi connectivity index (χ0) is 12.7. The molecule has 1 fully saturated rings. The lowest BCUT2D eigenvalue weighted by Crippen LogP contribution is -2.39. The van der Waals surface area contributed by atoms with Crippen LogP contribution in [-0.2, 0) is 9.47 Å². The molecule has 0 radical (unpaired) electrons. The average molecular weight is 243 g/mol. The molecule has 0 saturated heterocycles. The van der Waals surface area contributed by atoms with Crippen molar-refractivity contribution in [3.63, 3.8) is 0 Å². The molecule has 0 amide bonds. The predicted molar refractivity (Wildman–Crippen MR) is 71.1 cm³/mol. The van der Waals surface area contributed by atoms with Gasteiger partial charge in [0.25, 0.3) is 0 Å². The van der Waals surface area contributed by atoms with Crippen LogP contribution in [-0.4, -0.2) is 32.1 Å². The van der Waals surface area contributed by atoms with Crippen LogP contribution in [0, 0.1) is 5.41 Å². The van der Waals surface area contributed by atoms with Crippen molar-refractivity contribution in [2.75, 3.05) is 19.8 Å². The third kappa shape index (κ3) is 4.94. The second-order valence-corrected chi connectivity index (χ2v) is 5.52. The smallest absolute Gasteiger partial charge is 0.158 e. The third-order valence-electron chi connectivity index (χ3n) is 3.73. The van der Waals surface area contributed by atoms with Gasteiger partial charge in [-0.3, -0.25) is 0 Å². The minimum absolute atomic E-state index is 0.0398. The van der Waals surface area contributed by atoms with Crippen molar-refractivity contribution in [1.29, 1.82) is 0 Å². The predicted octanol–water partition coefficient (Wildman–Crippen LogP) is 2.94. The number of nitrogens with one attached hydrogen (secondary N) is 1. The zero-order valence-electron chi connectivity index (χ0n) is 11.9. The van der Waals surface area contributed by atoms with E-state index in [9.17, 15) is 0 Å². The van der Waals surface area contributed by atoms with Crippen molar-refractivity contribution < 1.29 is 9.47 Å². The largest absolute Gasteiger partial charge is 0.353 e. The molecule has 0 aliphatic heterocycles. The summed E-state index contributed by atoms with van der Waals surface area (Å²) in [4.78, 5) is 0. The van der Waals surface area contributed by atoms with Gasteiger partial charge in [-0.25, -0.2) is 0 Å². The highest BCUT2D eigenvalue weighted by atomic mass is 16.7. The minimum Gasteiger partial charge on any atom is -0.353 e. The monoisotopic (exact) mass is 243 g/mol. The van der Waals surface area contributed by atoms with E-state index in [1.54, 1.807) is 0 Å². The Balaban J connectivity index is 2.21. The average Bonchev–Trinajstić information content (AvgIpc) is 2.59. The SMILES string of the molecule is CCOC(CCNC1CCCC1(C)C)OCC. The molecule has 0 aromatic carbocycles. The maximum atomic E-state index is 5.54. The summed E-state index contributed by atoms with van der Waals surface area (Å²) in [6.45, 7) is 11.2. The Kier molecular flexibility index (Phi) is 6.45. The molecule has 1 unspecified atom stereocenters. The number of hydrogen-bond donors (Lipinski definition) is 1. The summed E-state index contributed by atoms with van der Waals surface area (Å²) in [5.41, 5.74) is 0.451. The zero-order valence-corrected chi connectivity index (χ0v) is 11.9. The first-order valence-electron chi connectivity index (χ1n) is 7.06. The Morgan fingerprint density at radius 2 is 1.88 bits per heavy atom. The molecule has 1 saturated carbocycles. The first-order chi connectivity index (χ1) is 8.10. The Labute approximate surface area is 106 Å². The molecule has 1 aliphatic carbocycles. The molecule has 1 atom stereocenters. The molecule has 1 rings (SSSR count). The topological polar surface area (TPSA) is 30.5 Å². The fourth-order valence-corrected chi connectivity index (χ4v) is 2.67. The van der Waals surface area contributed by atoms with Crippen LogP contribution in [0.5, 0.6) is 0 Å². The van der Waals surface area contributed by atoms with Crippen molar-refractivity contribution in [2.45, 2.75) is 65.7 Å². The van der Waals surface area contributed by atoms with Crippen LogP contribution >= 0.6 is 0 Å². The Hall–Kier alpha value is -0.120. The van der Waals surface area contributed by atoms with Gasteiger partial charge in [-0.1, -0.05) is 20.3 Å². The van der Waals surface area contributed by atoms with Crippen LogP contribution in [0.3, 0.4) is 0 Å². The van der Waals surface area contributed by atoms with E-state index in [1.165, 1.54) is 19.3 Å². The lowest BCUT2D eigenvalue weighted by Gasteiger charge is -2.28. The molecule has 1 aliphatic rings. The fourth-order valence-electron chi connectivity index (χ4n) is 2.67. The lowest BCUT2D eigenvalue weighted by atomic mass is 9.87. The van der Waals surface area contributed by atoms with E-state index in [4.69, 9.17) is 9.47 Å². The van der Waals surface area contributed by atoms with Crippen molar-refractivity contribution in [3.05, 3.63) is 0 Å². The van der Waals surface area contributed by atoms with E-state index in [1.807, 2.05) is 13.8 Å². The van der Waals surface area contributed by atoms with E-state index >= 15 is 0 Å². The normalized spacial score (nSPS) is 23.5. The molecule has 102 valence electrons. The first-order valence-corrected chi connectivity index (χ1v) is 7.06. The van der Waals surface area contributed by atoms with Gasteiger partial charge >= 0.3 is 0 Å². The summed E-state index contributed by atoms with van der Waals surface area (Å²) in [5.74, 6) is 0.